The Morgan fingerprint density at radius 3 is 2.67 bits per heavy atom. The highest BCUT2D eigenvalue weighted by Crippen LogP contribution is 2.22. The molecule has 1 heterocycles. The van der Waals surface area contributed by atoms with Gasteiger partial charge >= 0.3 is 5.97 Å². The predicted molar refractivity (Wildman–Crippen MR) is 66.1 cm³/mol. The van der Waals surface area contributed by atoms with Crippen LogP contribution in [0.1, 0.15) is 21.5 Å². The molecule has 18 heavy (non-hydrogen) atoms. The maximum atomic E-state index is 11.0. The standard InChI is InChI=1S/C14H10N2O2/c1-9-2-11(5-12(3-9)14(17)18)13-4-10(6-15)7-16-8-13/h2-5,7-8H,1H3,(H,17,18). The van der Waals surface area contributed by atoms with Gasteiger partial charge in [0.25, 0.3) is 0 Å². The van der Waals surface area contributed by atoms with Crippen LogP contribution in [0.25, 0.3) is 11.1 Å². The van der Waals surface area contributed by atoms with Crippen molar-refractivity contribution in [3.63, 3.8) is 0 Å². The van der Waals surface area contributed by atoms with E-state index in [0.717, 1.165) is 16.7 Å². The van der Waals surface area contributed by atoms with Gasteiger partial charge in [0, 0.05) is 18.0 Å². The van der Waals surface area contributed by atoms with Gasteiger partial charge in [0.05, 0.1) is 11.1 Å². The molecule has 0 aliphatic rings. The normalized spacial score (nSPS) is 9.78. The Labute approximate surface area is 104 Å². The molecule has 0 aliphatic heterocycles. The fraction of sp³-hybridized carbons (Fsp3) is 0.0714. The van der Waals surface area contributed by atoms with Gasteiger partial charge < -0.3 is 5.11 Å². The van der Waals surface area contributed by atoms with Crippen molar-refractivity contribution in [3.05, 3.63) is 53.3 Å². The molecule has 2 rings (SSSR count). The van der Waals surface area contributed by atoms with Crippen LogP contribution in [-0.2, 0) is 0 Å². The first-order valence-electron chi connectivity index (χ1n) is 5.30. The maximum absolute atomic E-state index is 11.0. The van der Waals surface area contributed by atoms with E-state index >= 15 is 0 Å². The molecule has 1 N–H and O–H groups in total. The second-order valence-electron chi connectivity index (χ2n) is 3.97. The Hall–Kier alpha value is -2.67. The summed E-state index contributed by atoms with van der Waals surface area (Å²) < 4.78 is 0. The minimum absolute atomic E-state index is 0.229. The zero-order valence-electron chi connectivity index (χ0n) is 9.71. The Bertz CT molecular complexity index is 657. The summed E-state index contributed by atoms with van der Waals surface area (Å²) in [5.74, 6) is -0.968. The fourth-order valence-electron chi connectivity index (χ4n) is 1.73. The molecular formula is C14H10N2O2. The van der Waals surface area contributed by atoms with Crippen LogP contribution in [-0.4, -0.2) is 16.1 Å². The lowest BCUT2D eigenvalue weighted by Crippen LogP contribution is -1.97. The summed E-state index contributed by atoms with van der Waals surface area (Å²) >= 11 is 0. The number of benzene rings is 1. The van der Waals surface area contributed by atoms with Gasteiger partial charge in [0.2, 0.25) is 0 Å². The van der Waals surface area contributed by atoms with E-state index in [-0.39, 0.29) is 5.56 Å². The van der Waals surface area contributed by atoms with Crippen LogP contribution in [0, 0.1) is 18.3 Å². The Morgan fingerprint density at radius 2 is 2.00 bits per heavy atom. The average molecular weight is 238 g/mol. The van der Waals surface area contributed by atoms with Crippen molar-refractivity contribution in [2.45, 2.75) is 6.92 Å². The van der Waals surface area contributed by atoms with E-state index in [1.54, 1.807) is 24.4 Å². The number of hydrogen-bond donors (Lipinski definition) is 1. The lowest BCUT2D eigenvalue weighted by Gasteiger charge is -2.05. The predicted octanol–water partition coefficient (Wildman–Crippen LogP) is 2.63. The summed E-state index contributed by atoms with van der Waals surface area (Å²) in [7, 11) is 0. The van der Waals surface area contributed by atoms with Gasteiger partial charge in [-0.25, -0.2) is 4.79 Å². The molecule has 0 fully saturated rings. The van der Waals surface area contributed by atoms with E-state index in [1.165, 1.54) is 6.20 Å². The molecule has 4 nitrogen and oxygen atoms in total. The number of carboxylic acids is 1. The third-order valence-corrected chi connectivity index (χ3v) is 2.52. The quantitative estimate of drug-likeness (QED) is 0.872. The Morgan fingerprint density at radius 1 is 1.22 bits per heavy atom. The SMILES string of the molecule is Cc1cc(C(=O)O)cc(-c2cncc(C#N)c2)c1. The van der Waals surface area contributed by atoms with Crippen molar-refractivity contribution in [1.29, 1.82) is 5.26 Å². The van der Waals surface area contributed by atoms with Crippen molar-refractivity contribution < 1.29 is 9.90 Å². The molecule has 0 spiro atoms. The molecule has 0 atom stereocenters. The molecule has 4 heteroatoms. The number of aryl methyl sites for hydroxylation is 1. The zero-order chi connectivity index (χ0) is 13.1. The highest BCUT2D eigenvalue weighted by atomic mass is 16.4. The van der Waals surface area contributed by atoms with Crippen molar-refractivity contribution in [1.82, 2.24) is 4.98 Å². The molecular weight excluding hydrogens is 228 g/mol. The van der Waals surface area contributed by atoms with Gasteiger partial charge in [-0.3, -0.25) is 4.98 Å². The fourth-order valence-corrected chi connectivity index (χ4v) is 1.73. The minimum atomic E-state index is -0.968. The first-order chi connectivity index (χ1) is 8.60. The third kappa shape index (κ3) is 2.36. The number of nitrogens with zero attached hydrogens (tertiary/aromatic N) is 2. The third-order valence-electron chi connectivity index (χ3n) is 2.52. The molecule has 88 valence electrons. The molecule has 1 aromatic heterocycles. The van der Waals surface area contributed by atoms with Crippen LogP contribution in [0.4, 0.5) is 0 Å². The highest BCUT2D eigenvalue weighted by Gasteiger charge is 2.07. The van der Waals surface area contributed by atoms with Crippen molar-refractivity contribution in [3.8, 4) is 17.2 Å². The number of carboxylic acid groups (broad SMARTS) is 1. The Balaban J connectivity index is 2.57. The van der Waals surface area contributed by atoms with E-state index in [1.807, 2.05) is 19.1 Å². The van der Waals surface area contributed by atoms with Gasteiger partial charge in [0.1, 0.15) is 6.07 Å². The number of pyridine rings is 1. The van der Waals surface area contributed by atoms with Gasteiger partial charge in [-0.05, 0) is 36.2 Å². The van der Waals surface area contributed by atoms with Crippen molar-refractivity contribution in [2.75, 3.05) is 0 Å². The molecule has 0 radical (unpaired) electrons. The smallest absolute Gasteiger partial charge is 0.335 e. The molecule has 0 amide bonds. The summed E-state index contributed by atoms with van der Waals surface area (Å²) in [6, 6.07) is 8.75. The molecule has 1 aromatic carbocycles. The highest BCUT2D eigenvalue weighted by molar-refractivity contribution is 5.89. The first kappa shape index (κ1) is 11.8. The lowest BCUT2D eigenvalue weighted by molar-refractivity contribution is 0.0697. The first-order valence-corrected chi connectivity index (χ1v) is 5.30. The lowest BCUT2D eigenvalue weighted by atomic mass is 10.0. The number of aromatic carboxylic acids is 1. The summed E-state index contributed by atoms with van der Waals surface area (Å²) in [5.41, 5.74) is 3.02. The van der Waals surface area contributed by atoms with E-state index in [9.17, 15) is 4.79 Å². The van der Waals surface area contributed by atoms with Gasteiger partial charge in [0.15, 0.2) is 0 Å². The monoisotopic (exact) mass is 238 g/mol. The molecule has 0 unspecified atom stereocenters. The number of hydrogen-bond acceptors (Lipinski definition) is 3. The summed E-state index contributed by atoms with van der Waals surface area (Å²) in [5, 5.41) is 17.8. The van der Waals surface area contributed by atoms with E-state index in [2.05, 4.69) is 4.98 Å². The van der Waals surface area contributed by atoms with Crippen LogP contribution in [0.2, 0.25) is 0 Å². The minimum Gasteiger partial charge on any atom is -0.478 e. The second-order valence-corrected chi connectivity index (χ2v) is 3.97. The molecule has 0 saturated carbocycles. The largest absolute Gasteiger partial charge is 0.478 e. The molecule has 0 saturated heterocycles. The summed E-state index contributed by atoms with van der Waals surface area (Å²) in [6.45, 7) is 1.83. The van der Waals surface area contributed by atoms with Crippen molar-refractivity contribution in [2.24, 2.45) is 0 Å². The van der Waals surface area contributed by atoms with Crippen LogP contribution in [0.5, 0.6) is 0 Å². The second kappa shape index (κ2) is 4.68. The number of rotatable bonds is 2. The van der Waals surface area contributed by atoms with Crippen LogP contribution >= 0.6 is 0 Å². The maximum Gasteiger partial charge on any atom is 0.335 e. The van der Waals surface area contributed by atoms with E-state index in [4.69, 9.17) is 10.4 Å². The van der Waals surface area contributed by atoms with Crippen molar-refractivity contribution >= 4 is 5.97 Å². The van der Waals surface area contributed by atoms with Gasteiger partial charge in [-0.1, -0.05) is 6.07 Å². The average Bonchev–Trinajstić information content (AvgIpc) is 2.38. The van der Waals surface area contributed by atoms with E-state index < -0.39 is 5.97 Å². The number of carbonyl (C=O) groups is 1. The summed E-state index contributed by atoms with van der Waals surface area (Å²) in [6.07, 6.45) is 3.08. The molecule has 2 aromatic rings. The molecule has 0 bridgehead atoms. The topological polar surface area (TPSA) is 74.0 Å². The van der Waals surface area contributed by atoms with E-state index in [0.29, 0.717) is 5.56 Å². The molecule has 0 aliphatic carbocycles. The zero-order valence-corrected chi connectivity index (χ0v) is 9.71. The van der Waals surface area contributed by atoms with Gasteiger partial charge in [-0.15, -0.1) is 0 Å². The number of aromatic nitrogens is 1. The van der Waals surface area contributed by atoms with Crippen LogP contribution < -0.4 is 0 Å². The van der Waals surface area contributed by atoms with Crippen LogP contribution in [0.15, 0.2) is 36.7 Å². The van der Waals surface area contributed by atoms with Gasteiger partial charge in [-0.2, -0.15) is 5.26 Å². The summed E-state index contributed by atoms with van der Waals surface area (Å²) in [4.78, 5) is 15.0. The Kier molecular flexibility index (Phi) is 3.07. The van der Waals surface area contributed by atoms with Crippen LogP contribution in [0.3, 0.4) is 0 Å². The number of nitriles is 1.